The highest BCUT2D eigenvalue weighted by Crippen LogP contribution is 2.31. The van der Waals surface area contributed by atoms with E-state index in [-0.39, 0.29) is 5.91 Å². The first kappa shape index (κ1) is 18.2. The number of carbonyl (C=O) groups excluding carboxylic acids is 1. The third kappa shape index (κ3) is 3.50. The van der Waals surface area contributed by atoms with E-state index in [2.05, 4.69) is 17.1 Å². The maximum Gasteiger partial charge on any atom is 0.253 e. The summed E-state index contributed by atoms with van der Waals surface area (Å²) in [7, 11) is 3.16. The molecule has 1 amide bonds. The molecular formula is C22H23N3O3. The van der Waals surface area contributed by atoms with Crippen molar-refractivity contribution in [3.63, 3.8) is 0 Å². The zero-order valence-corrected chi connectivity index (χ0v) is 16.1. The molecule has 1 saturated heterocycles. The fourth-order valence-electron chi connectivity index (χ4n) is 3.73. The topological polar surface area (TPSA) is 64.5 Å². The van der Waals surface area contributed by atoms with Gasteiger partial charge in [0.25, 0.3) is 5.91 Å². The van der Waals surface area contributed by atoms with Gasteiger partial charge in [0.15, 0.2) is 17.1 Å². The second-order valence-electron chi connectivity index (χ2n) is 6.92. The molecule has 1 fully saturated rings. The number of amides is 1. The summed E-state index contributed by atoms with van der Waals surface area (Å²) in [5, 5.41) is 1.05. The van der Waals surface area contributed by atoms with Crippen LogP contribution in [0.15, 0.2) is 48.7 Å². The molecule has 1 aliphatic rings. The van der Waals surface area contributed by atoms with E-state index in [9.17, 15) is 4.79 Å². The van der Waals surface area contributed by atoms with Gasteiger partial charge in [0.2, 0.25) is 0 Å². The summed E-state index contributed by atoms with van der Waals surface area (Å²) in [6, 6.07) is 13.4. The van der Waals surface area contributed by atoms with E-state index in [0.29, 0.717) is 36.1 Å². The number of carbonyl (C=O) groups is 1. The number of hydrogen-bond acceptors (Lipinski definition) is 5. The predicted molar refractivity (Wildman–Crippen MR) is 107 cm³/mol. The zero-order chi connectivity index (χ0) is 19.5. The Balaban J connectivity index is 1.45. The van der Waals surface area contributed by atoms with Crippen molar-refractivity contribution in [1.29, 1.82) is 0 Å². The number of nitrogens with zero attached hydrogens (tertiary/aromatic N) is 3. The van der Waals surface area contributed by atoms with Crippen LogP contribution in [0.2, 0.25) is 0 Å². The molecule has 1 aromatic carbocycles. The van der Waals surface area contributed by atoms with E-state index in [0.717, 1.165) is 29.6 Å². The number of ether oxygens (including phenoxy) is 2. The molecule has 3 aromatic rings. The molecule has 6 nitrogen and oxygen atoms in total. The predicted octanol–water partition coefficient (Wildman–Crippen LogP) is 3.67. The number of aromatic nitrogens is 2. The Labute approximate surface area is 164 Å². The van der Waals surface area contributed by atoms with Gasteiger partial charge in [0.05, 0.1) is 14.2 Å². The number of rotatable bonds is 4. The molecule has 0 radical (unpaired) electrons. The lowest BCUT2D eigenvalue weighted by atomic mass is 9.92. The fraction of sp³-hybridized carbons (Fsp3) is 0.318. The highest BCUT2D eigenvalue weighted by atomic mass is 16.5. The van der Waals surface area contributed by atoms with Gasteiger partial charge in [-0.2, -0.15) is 0 Å². The van der Waals surface area contributed by atoms with Crippen molar-refractivity contribution < 1.29 is 14.3 Å². The van der Waals surface area contributed by atoms with E-state index >= 15 is 0 Å². The summed E-state index contributed by atoms with van der Waals surface area (Å²) in [5.41, 5.74) is 2.46. The molecule has 0 bridgehead atoms. The molecule has 1 aliphatic heterocycles. The number of fused-ring (bicyclic) bond motifs is 1. The lowest BCUT2D eigenvalue weighted by molar-refractivity contribution is 0.0711. The number of methoxy groups -OCH3 is 2. The summed E-state index contributed by atoms with van der Waals surface area (Å²) in [5.74, 6) is 1.55. The molecule has 2 aromatic heterocycles. The molecule has 0 aliphatic carbocycles. The second-order valence-corrected chi connectivity index (χ2v) is 6.92. The Bertz CT molecular complexity index is 997. The van der Waals surface area contributed by atoms with Crippen molar-refractivity contribution in [3.8, 4) is 11.5 Å². The maximum absolute atomic E-state index is 12.9. The van der Waals surface area contributed by atoms with Crippen LogP contribution in [0.1, 0.15) is 34.8 Å². The largest absolute Gasteiger partial charge is 0.493 e. The number of likely N-dealkylation sites (tertiary alicyclic amines) is 1. The number of benzene rings is 1. The Hall–Kier alpha value is -3.15. The molecule has 0 N–H and O–H groups in total. The fourth-order valence-corrected chi connectivity index (χ4v) is 3.73. The lowest BCUT2D eigenvalue weighted by Crippen LogP contribution is -2.38. The SMILES string of the molecule is COc1ccc(C(=O)N2CCC(c3ccc4cccnc4n3)CC2)cc1OC. The van der Waals surface area contributed by atoms with Crippen LogP contribution in [-0.2, 0) is 0 Å². The third-order valence-electron chi connectivity index (χ3n) is 5.32. The van der Waals surface area contributed by atoms with Crippen LogP contribution in [0.4, 0.5) is 0 Å². The highest BCUT2D eigenvalue weighted by Gasteiger charge is 2.26. The van der Waals surface area contributed by atoms with Crippen LogP contribution < -0.4 is 9.47 Å². The van der Waals surface area contributed by atoms with Crippen LogP contribution in [0.5, 0.6) is 11.5 Å². The van der Waals surface area contributed by atoms with Crippen molar-refractivity contribution in [2.45, 2.75) is 18.8 Å². The summed E-state index contributed by atoms with van der Waals surface area (Å²) in [6.45, 7) is 1.42. The van der Waals surface area contributed by atoms with Gasteiger partial charge in [-0.15, -0.1) is 0 Å². The first-order valence-corrected chi connectivity index (χ1v) is 9.42. The first-order valence-electron chi connectivity index (χ1n) is 9.42. The molecule has 144 valence electrons. The quantitative estimate of drug-likeness (QED) is 0.694. The minimum atomic E-state index is 0.0209. The van der Waals surface area contributed by atoms with Gasteiger partial charge in [0.1, 0.15) is 0 Å². The van der Waals surface area contributed by atoms with Crippen LogP contribution in [0.25, 0.3) is 11.0 Å². The van der Waals surface area contributed by atoms with E-state index in [1.807, 2.05) is 17.0 Å². The molecular weight excluding hydrogens is 354 g/mol. The average Bonchev–Trinajstić information content (AvgIpc) is 2.77. The van der Waals surface area contributed by atoms with E-state index in [4.69, 9.17) is 14.5 Å². The van der Waals surface area contributed by atoms with Gasteiger partial charge in [-0.1, -0.05) is 0 Å². The average molecular weight is 377 g/mol. The first-order chi connectivity index (χ1) is 13.7. The van der Waals surface area contributed by atoms with Crippen LogP contribution in [0.3, 0.4) is 0 Å². The molecule has 0 atom stereocenters. The molecule has 6 heteroatoms. The molecule has 0 unspecified atom stereocenters. The molecule has 28 heavy (non-hydrogen) atoms. The summed E-state index contributed by atoms with van der Waals surface area (Å²) >= 11 is 0. The van der Waals surface area contributed by atoms with Crippen LogP contribution in [0, 0.1) is 0 Å². The van der Waals surface area contributed by atoms with Crippen molar-refractivity contribution in [3.05, 3.63) is 59.9 Å². The third-order valence-corrected chi connectivity index (χ3v) is 5.32. The Morgan fingerprint density at radius 1 is 1.04 bits per heavy atom. The van der Waals surface area contributed by atoms with E-state index in [1.165, 1.54) is 0 Å². The van der Waals surface area contributed by atoms with Crippen molar-refractivity contribution >= 4 is 16.9 Å². The number of hydrogen-bond donors (Lipinski definition) is 0. The normalized spacial score (nSPS) is 14.9. The molecule has 0 saturated carbocycles. The van der Waals surface area contributed by atoms with Gasteiger partial charge in [-0.25, -0.2) is 9.97 Å². The van der Waals surface area contributed by atoms with Gasteiger partial charge < -0.3 is 14.4 Å². The minimum absolute atomic E-state index is 0.0209. The monoisotopic (exact) mass is 377 g/mol. The van der Waals surface area contributed by atoms with Gasteiger partial charge >= 0.3 is 0 Å². The summed E-state index contributed by atoms with van der Waals surface area (Å²) < 4.78 is 10.6. The Morgan fingerprint density at radius 2 is 1.82 bits per heavy atom. The summed E-state index contributed by atoms with van der Waals surface area (Å²) in [4.78, 5) is 23.9. The second kappa shape index (κ2) is 7.84. The molecule has 4 rings (SSSR count). The van der Waals surface area contributed by atoms with Gasteiger partial charge in [-0.3, -0.25) is 4.79 Å². The van der Waals surface area contributed by atoms with Gasteiger partial charge in [-0.05, 0) is 55.3 Å². The highest BCUT2D eigenvalue weighted by molar-refractivity contribution is 5.95. The lowest BCUT2D eigenvalue weighted by Gasteiger charge is -2.32. The Morgan fingerprint density at radius 3 is 2.57 bits per heavy atom. The number of piperidine rings is 1. The molecule has 0 spiro atoms. The van der Waals surface area contributed by atoms with E-state index < -0.39 is 0 Å². The van der Waals surface area contributed by atoms with Crippen molar-refractivity contribution in [2.75, 3.05) is 27.3 Å². The Kier molecular flexibility index (Phi) is 5.10. The smallest absolute Gasteiger partial charge is 0.253 e. The zero-order valence-electron chi connectivity index (χ0n) is 16.1. The number of pyridine rings is 2. The van der Waals surface area contributed by atoms with Crippen molar-refractivity contribution in [2.24, 2.45) is 0 Å². The van der Waals surface area contributed by atoms with E-state index in [1.54, 1.807) is 38.6 Å². The molecule has 3 heterocycles. The minimum Gasteiger partial charge on any atom is -0.493 e. The van der Waals surface area contributed by atoms with Crippen molar-refractivity contribution in [1.82, 2.24) is 14.9 Å². The maximum atomic E-state index is 12.9. The summed E-state index contributed by atoms with van der Waals surface area (Å²) in [6.07, 6.45) is 3.55. The van der Waals surface area contributed by atoms with Crippen LogP contribution >= 0.6 is 0 Å². The standard InChI is InChI=1S/C22H23N3O3/c1-27-19-8-6-17(14-20(19)28-2)22(26)25-12-9-15(10-13-25)18-7-5-16-4-3-11-23-21(16)24-18/h3-8,11,14-15H,9-10,12-13H2,1-2H3. The van der Waals surface area contributed by atoms with Crippen LogP contribution in [-0.4, -0.2) is 48.1 Å². The van der Waals surface area contributed by atoms with Gasteiger partial charge in [0, 0.05) is 41.8 Å².